The van der Waals surface area contributed by atoms with Gasteiger partial charge in [-0.2, -0.15) is 0 Å². The Balaban J connectivity index is 1.84. The lowest BCUT2D eigenvalue weighted by Gasteiger charge is -2.75. The number of nitrogens with one attached hydrogen (secondary N) is 1. The molecule has 0 aliphatic heterocycles. The molecule has 3 aliphatic rings. The molecule has 0 atom stereocenters. The van der Waals surface area contributed by atoms with Gasteiger partial charge in [0.1, 0.15) is 9.84 Å². The topological polar surface area (TPSA) is 80.3 Å². The Morgan fingerprint density at radius 3 is 1.90 bits per heavy atom. The quantitative estimate of drug-likeness (QED) is 0.799. The van der Waals surface area contributed by atoms with Crippen molar-refractivity contribution in [1.29, 1.82) is 0 Å². The Morgan fingerprint density at radius 2 is 1.50 bits per heavy atom. The van der Waals surface area contributed by atoms with Gasteiger partial charge in [-0.15, -0.1) is 0 Å². The Labute approximate surface area is 122 Å². The summed E-state index contributed by atoms with van der Waals surface area (Å²) >= 11 is 0. The molecule has 3 saturated carbocycles. The van der Waals surface area contributed by atoms with Gasteiger partial charge in [0.05, 0.1) is 11.5 Å². The zero-order valence-corrected chi connectivity index (χ0v) is 14.3. The van der Waals surface area contributed by atoms with Crippen LogP contribution in [0.25, 0.3) is 0 Å². The molecule has 3 fully saturated rings. The maximum absolute atomic E-state index is 12.0. The predicted octanol–water partition coefficient (Wildman–Crippen LogP) is 1.31. The predicted molar refractivity (Wildman–Crippen MR) is 79.7 cm³/mol. The van der Waals surface area contributed by atoms with Crippen molar-refractivity contribution in [3.63, 3.8) is 0 Å². The molecular formula is C13H25NO4S2. The van der Waals surface area contributed by atoms with Crippen LogP contribution in [0.4, 0.5) is 0 Å². The fourth-order valence-corrected chi connectivity index (χ4v) is 5.94. The normalized spacial score (nSPS) is 33.4. The van der Waals surface area contributed by atoms with E-state index in [0.717, 1.165) is 25.5 Å². The number of hydrogen-bond donors (Lipinski definition) is 1. The van der Waals surface area contributed by atoms with Crippen LogP contribution in [-0.2, 0) is 19.9 Å². The summed E-state index contributed by atoms with van der Waals surface area (Å²) in [6, 6.07) is 0. The number of hydrogen-bond acceptors (Lipinski definition) is 4. The van der Waals surface area contributed by atoms with Crippen molar-refractivity contribution >= 4 is 19.9 Å². The molecule has 0 spiro atoms. The molecule has 0 saturated heterocycles. The second-order valence-electron chi connectivity index (χ2n) is 7.75. The number of sulfonamides is 1. The first-order chi connectivity index (χ1) is 8.79. The monoisotopic (exact) mass is 323 g/mol. The fourth-order valence-electron chi connectivity index (χ4n) is 3.58. The largest absolute Gasteiger partial charge is 0.229 e. The maximum atomic E-state index is 12.0. The maximum Gasteiger partial charge on any atom is 0.212 e. The molecule has 20 heavy (non-hydrogen) atoms. The van der Waals surface area contributed by atoms with Crippen LogP contribution >= 0.6 is 0 Å². The van der Waals surface area contributed by atoms with E-state index in [0.29, 0.717) is 5.41 Å². The summed E-state index contributed by atoms with van der Waals surface area (Å²) in [6.45, 7) is 6.62. The molecular weight excluding hydrogens is 298 g/mol. The lowest BCUT2D eigenvalue weighted by molar-refractivity contribution is -0.207. The summed E-state index contributed by atoms with van der Waals surface area (Å²) in [5.74, 6) is -0.183. The van der Waals surface area contributed by atoms with Crippen molar-refractivity contribution < 1.29 is 16.8 Å². The van der Waals surface area contributed by atoms with Crippen LogP contribution in [0.3, 0.4) is 0 Å². The third-order valence-corrected chi connectivity index (χ3v) is 7.52. The highest BCUT2D eigenvalue weighted by Gasteiger charge is 2.72. The van der Waals surface area contributed by atoms with Crippen LogP contribution < -0.4 is 4.72 Å². The van der Waals surface area contributed by atoms with Gasteiger partial charge in [0, 0.05) is 11.8 Å². The molecule has 0 unspecified atom stereocenters. The average Bonchev–Trinajstić information content (AvgIpc) is 2.03. The van der Waals surface area contributed by atoms with Gasteiger partial charge >= 0.3 is 0 Å². The minimum Gasteiger partial charge on any atom is -0.229 e. The average molecular weight is 323 g/mol. The van der Waals surface area contributed by atoms with E-state index in [9.17, 15) is 16.8 Å². The highest BCUT2D eigenvalue weighted by molar-refractivity contribution is 7.91. The number of sulfone groups is 1. The first-order valence-corrected chi connectivity index (χ1v) is 10.7. The van der Waals surface area contributed by atoms with Gasteiger partial charge in [0.15, 0.2) is 0 Å². The molecule has 2 bridgehead atoms. The van der Waals surface area contributed by atoms with Gasteiger partial charge in [-0.25, -0.2) is 21.6 Å². The van der Waals surface area contributed by atoms with E-state index in [2.05, 4.69) is 25.5 Å². The van der Waals surface area contributed by atoms with E-state index < -0.39 is 19.9 Å². The highest BCUT2D eigenvalue weighted by atomic mass is 32.2. The Bertz CT molecular complexity index is 579. The van der Waals surface area contributed by atoms with E-state index >= 15 is 0 Å². The van der Waals surface area contributed by atoms with E-state index in [1.54, 1.807) is 0 Å². The molecule has 7 heteroatoms. The summed E-state index contributed by atoms with van der Waals surface area (Å²) in [7, 11) is -6.46. The van der Waals surface area contributed by atoms with E-state index in [1.807, 2.05) is 0 Å². The molecule has 0 aromatic rings. The number of rotatable bonds is 6. The van der Waals surface area contributed by atoms with Gasteiger partial charge in [0.25, 0.3) is 0 Å². The van der Waals surface area contributed by atoms with E-state index in [1.165, 1.54) is 0 Å². The van der Waals surface area contributed by atoms with Gasteiger partial charge in [-0.1, -0.05) is 20.8 Å². The third kappa shape index (κ3) is 3.04. The van der Waals surface area contributed by atoms with Crippen molar-refractivity contribution in [3.8, 4) is 0 Å². The molecule has 0 heterocycles. The molecule has 5 nitrogen and oxygen atoms in total. The van der Waals surface area contributed by atoms with Crippen LogP contribution in [-0.4, -0.2) is 40.1 Å². The Morgan fingerprint density at radius 1 is 1.00 bits per heavy atom. The van der Waals surface area contributed by atoms with Crippen LogP contribution in [0.2, 0.25) is 0 Å². The van der Waals surface area contributed by atoms with Crippen LogP contribution in [0, 0.1) is 10.8 Å². The van der Waals surface area contributed by atoms with Gasteiger partial charge in [-0.05, 0) is 36.5 Å². The zero-order valence-electron chi connectivity index (χ0n) is 12.7. The second-order valence-corrected chi connectivity index (χ2v) is 11.8. The van der Waals surface area contributed by atoms with E-state index in [-0.39, 0.29) is 28.9 Å². The lowest BCUT2D eigenvalue weighted by Crippen LogP contribution is -2.77. The SMILES string of the molecule is CC(C)(C)C12CC(NS(=O)(=O)CCCS(C)(=O)=O)(C1)C2. The summed E-state index contributed by atoms with van der Waals surface area (Å²) in [6.07, 6.45) is 4.02. The summed E-state index contributed by atoms with van der Waals surface area (Å²) in [4.78, 5) is 0. The molecule has 0 radical (unpaired) electrons. The summed E-state index contributed by atoms with van der Waals surface area (Å²) < 4.78 is 48.8. The van der Waals surface area contributed by atoms with Crippen molar-refractivity contribution in [2.45, 2.75) is 52.0 Å². The van der Waals surface area contributed by atoms with Gasteiger partial charge in [0.2, 0.25) is 10.0 Å². The molecule has 3 rings (SSSR count). The fraction of sp³-hybridized carbons (Fsp3) is 1.00. The lowest BCUT2D eigenvalue weighted by atomic mass is 9.33. The Kier molecular flexibility index (Phi) is 3.59. The smallest absolute Gasteiger partial charge is 0.212 e. The molecule has 1 N–H and O–H groups in total. The van der Waals surface area contributed by atoms with Crippen LogP contribution in [0.15, 0.2) is 0 Å². The second kappa shape index (κ2) is 4.43. The van der Waals surface area contributed by atoms with Crippen LogP contribution in [0.1, 0.15) is 46.5 Å². The Hall–Kier alpha value is -0.140. The third-order valence-electron chi connectivity index (χ3n) is 4.92. The molecule has 0 aromatic carbocycles. The highest BCUT2D eigenvalue weighted by Crippen LogP contribution is 2.74. The molecule has 3 aliphatic carbocycles. The van der Waals surface area contributed by atoms with Crippen molar-refractivity contribution in [1.82, 2.24) is 4.72 Å². The van der Waals surface area contributed by atoms with Crippen molar-refractivity contribution in [2.24, 2.45) is 10.8 Å². The van der Waals surface area contributed by atoms with Gasteiger partial charge in [-0.3, -0.25) is 0 Å². The van der Waals surface area contributed by atoms with Crippen molar-refractivity contribution in [3.05, 3.63) is 0 Å². The van der Waals surface area contributed by atoms with Crippen LogP contribution in [0.5, 0.6) is 0 Å². The minimum absolute atomic E-state index is 0.0765. The standard InChI is InChI=1S/C13H25NO4S2/c1-11(2,3)12-8-13(9-12,10-12)14-20(17,18)7-5-6-19(4,15)16/h14H,5-10H2,1-4H3. The first-order valence-electron chi connectivity index (χ1n) is 6.98. The van der Waals surface area contributed by atoms with E-state index in [4.69, 9.17) is 0 Å². The summed E-state index contributed by atoms with van der Waals surface area (Å²) in [5.41, 5.74) is 0.274. The van der Waals surface area contributed by atoms with Gasteiger partial charge < -0.3 is 0 Å². The molecule has 118 valence electrons. The first kappa shape index (κ1) is 16.2. The molecule has 0 amide bonds. The minimum atomic E-state index is -3.37. The molecule has 0 aromatic heterocycles. The summed E-state index contributed by atoms with van der Waals surface area (Å²) in [5, 5.41) is 0. The zero-order chi connectivity index (χ0) is 15.4. The van der Waals surface area contributed by atoms with Crippen molar-refractivity contribution in [2.75, 3.05) is 17.8 Å².